The lowest BCUT2D eigenvalue weighted by Gasteiger charge is -2.34. The average molecular weight is 477 g/mol. The van der Waals surface area contributed by atoms with Crippen molar-refractivity contribution in [1.29, 1.82) is 0 Å². The van der Waals surface area contributed by atoms with Gasteiger partial charge in [0.2, 0.25) is 10.0 Å². The van der Waals surface area contributed by atoms with Crippen LogP contribution < -0.4 is 14.4 Å². The molecule has 3 aromatic rings. The summed E-state index contributed by atoms with van der Waals surface area (Å²) in [5.41, 5.74) is 1.28. The molecular formula is C22H18Cl2N2O4S. The Labute approximate surface area is 190 Å². The fourth-order valence-electron chi connectivity index (χ4n) is 3.29. The maximum absolute atomic E-state index is 13.2. The third-order valence-corrected chi connectivity index (χ3v) is 7.11. The van der Waals surface area contributed by atoms with Crippen LogP contribution in [0, 0.1) is 0 Å². The van der Waals surface area contributed by atoms with E-state index in [0.29, 0.717) is 17.0 Å². The number of hydrogen-bond acceptors (Lipinski definition) is 4. The summed E-state index contributed by atoms with van der Waals surface area (Å²) in [6.45, 7) is -0.180. The Bertz CT molecular complexity index is 1200. The van der Waals surface area contributed by atoms with Crippen LogP contribution in [0.1, 0.15) is 5.56 Å². The molecule has 0 unspecified atom stereocenters. The Morgan fingerprint density at radius 3 is 2.32 bits per heavy atom. The van der Waals surface area contributed by atoms with Crippen LogP contribution in [0.15, 0.2) is 72.8 Å². The molecule has 1 atom stereocenters. The number of amides is 1. The second kappa shape index (κ2) is 8.78. The molecule has 1 aliphatic rings. The van der Waals surface area contributed by atoms with E-state index in [-0.39, 0.29) is 28.0 Å². The van der Waals surface area contributed by atoms with E-state index >= 15 is 0 Å². The van der Waals surface area contributed by atoms with Gasteiger partial charge in [0.05, 0.1) is 33.7 Å². The average Bonchev–Trinajstić information content (AvgIpc) is 2.76. The quantitative estimate of drug-likeness (QED) is 0.577. The highest BCUT2D eigenvalue weighted by atomic mass is 35.5. The van der Waals surface area contributed by atoms with Gasteiger partial charge in [0, 0.05) is 0 Å². The standard InChI is InChI=1S/C22H18Cl2N2O4S/c23-16-9-6-10-17(24)21(16)25-22(27)20-13-26(18-11-4-5-12-19(18)30-20)31(28,29)14-15-7-2-1-3-8-15/h1-12,20H,13-14H2,(H,25,27)/t20-/m1/s1. The molecule has 0 aliphatic carbocycles. The molecule has 4 rings (SSSR count). The van der Waals surface area contributed by atoms with Crippen LogP contribution in [-0.2, 0) is 20.6 Å². The predicted molar refractivity (Wildman–Crippen MR) is 122 cm³/mol. The second-order valence-electron chi connectivity index (χ2n) is 6.93. The van der Waals surface area contributed by atoms with E-state index in [1.165, 1.54) is 4.31 Å². The summed E-state index contributed by atoms with van der Waals surface area (Å²) in [6.07, 6.45) is -1.09. The molecule has 1 heterocycles. The maximum atomic E-state index is 13.2. The zero-order valence-corrected chi connectivity index (χ0v) is 18.5. The molecule has 1 aliphatic heterocycles. The molecule has 0 bridgehead atoms. The van der Waals surface area contributed by atoms with E-state index in [1.54, 1.807) is 66.7 Å². The summed E-state index contributed by atoms with van der Waals surface area (Å²) >= 11 is 12.3. The number of benzene rings is 3. The molecule has 0 fully saturated rings. The molecule has 160 valence electrons. The van der Waals surface area contributed by atoms with E-state index in [9.17, 15) is 13.2 Å². The van der Waals surface area contributed by atoms with Gasteiger partial charge < -0.3 is 10.1 Å². The molecule has 0 radical (unpaired) electrons. The first-order valence-electron chi connectivity index (χ1n) is 9.40. The Hall–Kier alpha value is -2.74. The first kappa shape index (κ1) is 21.5. The fraction of sp³-hybridized carbons (Fsp3) is 0.136. The zero-order chi connectivity index (χ0) is 22.0. The minimum atomic E-state index is -3.78. The van der Waals surface area contributed by atoms with Crippen molar-refractivity contribution in [3.63, 3.8) is 0 Å². The van der Waals surface area contributed by atoms with Crippen molar-refractivity contribution < 1.29 is 17.9 Å². The van der Waals surface area contributed by atoms with E-state index < -0.39 is 22.0 Å². The van der Waals surface area contributed by atoms with E-state index in [4.69, 9.17) is 27.9 Å². The van der Waals surface area contributed by atoms with Gasteiger partial charge in [-0.25, -0.2) is 8.42 Å². The Morgan fingerprint density at radius 2 is 1.61 bits per heavy atom. The predicted octanol–water partition coefficient (Wildman–Crippen LogP) is 4.73. The van der Waals surface area contributed by atoms with Crippen molar-refractivity contribution >= 4 is 50.5 Å². The van der Waals surface area contributed by atoms with Crippen molar-refractivity contribution in [3.8, 4) is 5.75 Å². The first-order valence-corrected chi connectivity index (χ1v) is 11.8. The lowest BCUT2D eigenvalue weighted by atomic mass is 10.2. The highest BCUT2D eigenvalue weighted by Crippen LogP contribution is 2.36. The molecule has 1 N–H and O–H groups in total. The normalized spacial score (nSPS) is 15.7. The Kier molecular flexibility index (Phi) is 6.09. The number of ether oxygens (including phenoxy) is 1. The van der Waals surface area contributed by atoms with Crippen LogP contribution in [-0.4, -0.2) is 27.0 Å². The zero-order valence-electron chi connectivity index (χ0n) is 16.2. The molecule has 6 nitrogen and oxygen atoms in total. The number of carbonyl (C=O) groups excluding carboxylic acids is 1. The topological polar surface area (TPSA) is 75.7 Å². The number of sulfonamides is 1. The lowest BCUT2D eigenvalue weighted by Crippen LogP contribution is -2.49. The third kappa shape index (κ3) is 4.63. The van der Waals surface area contributed by atoms with Crippen LogP contribution in [0.5, 0.6) is 5.75 Å². The second-order valence-corrected chi connectivity index (χ2v) is 9.64. The highest BCUT2D eigenvalue weighted by molar-refractivity contribution is 7.92. The highest BCUT2D eigenvalue weighted by Gasteiger charge is 2.37. The number of halogens is 2. The summed E-state index contributed by atoms with van der Waals surface area (Å²) in [6, 6.07) is 20.4. The molecule has 0 aromatic heterocycles. The molecular weight excluding hydrogens is 459 g/mol. The number of nitrogens with zero attached hydrogens (tertiary/aromatic N) is 1. The van der Waals surface area contributed by atoms with Gasteiger partial charge in [0.25, 0.3) is 5.91 Å². The summed E-state index contributed by atoms with van der Waals surface area (Å²) in [5.74, 6) is -0.451. The summed E-state index contributed by atoms with van der Waals surface area (Å²) in [4.78, 5) is 12.9. The Balaban J connectivity index is 1.63. The number of carbonyl (C=O) groups is 1. The van der Waals surface area contributed by atoms with Crippen molar-refractivity contribution in [2.45, 2.75) is 11.9 Å². The van der Waals surface area contributed by atoms with Gasteiger partial charge in [0.15, 0.2) is 6.10 Å². The van der Waals surface area contributed by atoms with Crippen molar-refractivity contribution in [1.82, 2.24) is 0 Å². The van der Waals surface area contributed by atoms with Gasteiger partial charge in [-0.1, -0.05) is 71.7 Å². The van der Waals surface area contributed by atoms with Crippen LogP contribution >= 0.6 is 23.2 Å². The molecule has 0 saturated carbocycles. The van der Waals surface area contributed by atoms with Crippen molar-refractivity contribution in [2.75, 3.05) is 16.2 Å². The minimum absolute atomic E-state index is 0.180. The molecule has 0 spiro atoms. The van der Waals surface area contributed by atoms with Gasteiger partial charge in [0.1, 0.15) is 5.75 Å². The van der Waals surface area contributed by atoms with Crippen LogP contribution in [0.25, 0.3) is 0 Å². The number of anilines is 2. The van der Waals surface area contributed by atoms with E-state index in [2.05, 4.69) is 5.32 Å². The van der Waals surface area contributed by atoms with Gasteiger partial charge >= 0.3 is 0 Å². The van der Waals surface area contributed by atoms with E-state index in [1.807, 2.05) is 6.07 Å². The van der Waals surface area contributed by atoms with Gasteiger partial charge in [-0.2, -0.15) is 0 Å². The van der Waals surface area contributed by atoms with Crippen LogP contribution in [0.3, 0.4) is 0 Å². The molecule has 0 saturated heterocycles. The summed E-state index contributed by atoms with van der Waals surface area (Å²) < 4.78 is 33.5. The van der Waals surface area contributed by atoms with Crippen molar-refractivity contribution in [3.05, 3.63) is 88.4 Å². The summed E-state index contributed by atoms with van der Waals surface area (Å²) in [7, 11) is -3.78. The SMILES string of the molecule is O=C(Nc1c(Cl)cccc1Cl)[C@H]1CN(S(=O)(=O)Cc2ccccc2)c2ccccc2O1. The molecule has 1 amide bonds. The molecule has 9 heteroatoms. The summed E-state index contributed by atoms with van der Waals surface area (Å²) in [5, 5.41) is 3.19. The fourth-order valence-corrected chi connectivity index (χ4v) is 5.36. The minimum Gasteiger partial charge on any atom is -0.476 e. The maximum Gasteiger partial charge on any atom is 0.267 e. The number of rotatable bonds is 5. The largest absolute Gasteiger partial charge is 0.476 e. The first-order chi connectivity index (χ1) is 14.8. The monoisotopic (exact) mass is 476 g/mol. The molecule has 3 aromatic carbocycles. The van der Waals surface area contributed by atoms with E-state index in [0.717, 1.165) is 0 Å². The number of fused-ring (bicyclic) bond motifs is 1. The van der Waals surface area contributed by atoms with Gasteiger partial charge in [-0.15, -0.1) is 0 Å². The van der Waals surface area contributed by atoms with Gasteiger partial charge in [-0.05, 0) is 29.8 Å². The third-order valence-electron chi connectivity index (χ3n) is 4.77. The number of nitrogens with one attached hydrogen (secondary N) is 1. The molecule has 31 heavy (non-hydrogen) atoms. The van der Waals surface area contributed by atoms with Crippen molar-refractivity contribution in [2.24, 2.45) is 0 Å². The number of hydrogen-bond donors (Lipinski definition) is 1. The Morgan fingerprint density at radius 1 is 0.968 bits per heavy atom. The smallest absolute Gasteiger partial charge is 0.267 e. The van der Waals surface area contributed by atoms with Gasteiger partial charge in [-0.3, -0.25) is 9.10 Å². The lowest BCUT2D eigenvalue weighted by molar-refractivity contribution is -0.122. The van der Waals surface area contributed by atoms with Crippen LogP contribution in [0.2, 0.25) is 10.0 Å². The number of para-hydroxylation sites is 3. The van der Waals surface area contributed by atoms with Crippen LogP contribution in [0.4, 0.5) is 11.4 Å².